The third-order valence-corrected chi connectivity index (χ3v) is 2.53. The Hall–Kier alpha value is -0.0800. The van der Waals surface area contributed by atoms with E-state index in [0.717, 1.165) is 5.92 Å². The first-order valence-electron chi connectivity index (χ1n) is 4.17. The predicted molar refractivity (Wildman–Crippen MR) is 43.8 cm³/mol. The molecule has 60 valence electrons. The van der Waals surface area contributed by atoms with Crippen LogP contribution in [0.25, 0.3) is 0 Å². The van der Waals surface area contributed by atoms with E-state index in [0.29, 0.717) is 12.1 Å². The fourth-order valence-corrected chi connectivity index (χ4v) is 1.78. The predicted octanol–water partition coefficient (Wildman–Crippen LogP) is 0.722. The first-order valence-corrected chi connectivity index (χ1v) is 4.17. The van der Waals surface area contributed by atoms with E-state index in [-0.39, 0.29) is 0 Å². The van der Waals surface area contributed by atoms with Gasteiger partial charge in [0.25, 0.3) is 0 Å². The molecule has 0 aromatic carbocycles. The number of nitrogens with one attached hydrogen (secondary N) is 1. The van der Waals surface area contributed by atoms with E-state index in [1.807, 2.05) is 7.05 Å². The molecular formula is C8H18N2. The standard InChI is InChI=1S/C8H18N2/c1-6-3-4-8(10-2)7(9)5-6/h6-8,10H,3-5,9H2,1-2H3/t6-,7+,8+/m0/s1. The second-order valence-electron chi connectivity index (χ2n) is 3.48. The van der Waals surface area contributed by atoms with Crippen LogP contribution in [0.1, 0.15) is 26.2 Å². The molecular weight excluding hydrogens is 124 g/mol. The van der Waals surface area contributed by atoms with Gasteiger partial charge in [0.2, 0.25) is 0 Å². The molecule has 2 heteroatoms. The molecule has 0 saturated heterocycles. The van der Waals surface area contributed by atoms with Crippen molar-refractivity contribution in [2.45, 2.75) is 38.3 Å². The van der Waals surface area contributed by atoms with Crippen molar-refractivity contribution < 1.29 is 0 Å². The maximum Gasteiger partial charge on any atom is 0.0216 e. The minimum absolute atomic E-state index is 0.383. The van der Waals surface area contributed by atoms with Crippen LogP contribution in [0.15, 0.2) is 0 Å². The molecule has 1 fully saturated rings. The van der Waals surface area contributed by atoms with Crippen molar-refractivity contribution in [3.05, 3.63) is 0 Å². The van der Waals surface area contributed by atoms with Gasteiger partial charge in [0.1, 0.15) is 0 Å². The highest BCUT2D eigenvalue weighted by Gasteiger charge is 2.23. The maximum atomic E-state index is 5.92. The molecule has 2 nitrogen and oxygen atoms in total. The Bertz CT molecular complexity index is 103. The van der Waals surface area contributed by atoms with Crippen LogP contribution in [0.2, 0.25) is 0 Å². The van der Waals surface area contributed by atoms with Gasteiger partial charge in [0, 0.05) is 12.1 Å². The van der Waals surface area contributed by atoms with Gasteiger partial charge in [-0.15, -0.1) is 0 Å². The van der Waals surface area contributed by atoms with E-state index in [1.54, 1.807) is 0 Å². The van der Waals surface area contributed by atoms with Crippen molar-refractivity contribution in [3.8, 4) is 0 Å². The van der Waals surface area contributed by atoms with Crippen LogP contribution in [-0.4, -0.2) is 19.1 Å². The lowest BCUT2D eigenvalue weighted by Crippen LogP contribution is -2.47. The van der Waals surface area contributed by atoms with Crippen molar-refractivity contribution in [2.24, 2.45) is 11.7 Å². The first-order chi connectivity index (χ1) is 4.74. The summed E-state index contributed by atoms with van der Waals surface area (Å²) in [6, 6.07) is 0.949. The summed E-state index contributed by atoms with van der Waals surface area (Å²) in [6.45, 7) is 2.28. The van der Waals surface area contributed by atoms with Crippen LogP contribution < -0.4 is 11.1 Å². The fourth-order valence-electron chi connectivity index (χ4n) is 1.78. The maximum absolute atomic E-state index is 5.92. The Morgan fingerprint density at radius 1 is 1.40 bits per heavy atom. The molecule has 0 radical (unpaired) electrons. The van der Waals surface area contributed by atoms with E-state index >= 15 is 0 Å². The molecule has 1 rings (SSSR count). The molecule has 10 heavy (non-hydrogen) atoms. The summed E-state index contributed by atoms with van der Waals surface area (Å²) in [5.41, 5.74) is 5.92. The van der Waals surface area contributed by atoms with Gasteiger partial charge in [-0.3, -0.25) is 0 Å². The molecule has 3 N–H and O–H groups in total. The highest BCUT2D eigenvalue weighted by molar-refractivity contribution is 4.84. The molecule has 1 saturated carbocycles. The largest absolute Gasteiger partial charge is 0.326 e. The van der Waals surface area contributed by atoms with Gasteiger partial charge >= 0.3 is 0 Å². The van der Waals surface area contributed by atoms with Crippen molar-refractivity contribution in [1.29, 1.82) is 0 Å². The van der Waals surface area contributed by atoms with E-state index in [1.165, 1.54) is 19.3 Å². The molecule has 0 spiro atoms. The third-order valence-electron chi connectivity index (χ3n) is 2.53. The van der Waals surface area contributed by atoms with E-state index < -0.39 is 0 Å². The summed E-state index contributed by atoms with van der Waals surface area (Å²) >= 11 is 0. The smallest absolute Gasteiger partial charge is 0.0216 e. The first kappa shape index (κ1) is 8.02. The Labute approximate surface area is 63.2 Å². The number of nitrogens with two attached hydrogens (primary N) is 1. The van der Waals surface area contributed by atoms with Gasteiger partial charge < -0.3 is 11.1 Å². The Kier molecular flexibility index (Phi) is 2.69. The highest BCUT2D eigenvalue weighted by Crippen LogP contribution is 2.22. The normalized spacial score (nSPS) is 41.7. The van der Waals surface area contributed by atoms with Gasteiger partial charge in [0.15, 0.2) is 0 Å². The molecule has 0 bridgehead atoms. The second-order valence-corrected chi connectivity index (χ2v) is 3.48. The second kappa shape index (κ2) is 3.35. The van der Waals surface area contributed by atoms with Crippen LogP contribution in [0, 0.1) is 5.92 Å². The monoisotopic (exact) mass is 142 g/mol. The molecule has 0 aliphatic heterocycles. The van der Waals surface area contributed by atoms with Crippen LogP contribution >= 0.6 is 0 Å². The highest BCUT2D eigenvalue weighted by atomic mass is 14.9. The van der Waals surface area contributed by atoms with E-state index in [2.05, 4.69) is 12.2 Å². The summed E-state index contributed by atoms with van der Waals surface area (Å²) in [5, 5.41) is 3.25. The average Bonchev–Trinajstić information content (AvgIpc) is 1.88. The van der Waals surface area contributed by atoms with Crippen LogP contribution in [0.5, 0.6) is 0 Å². The molecule has 0 aromatic heterocycles. The zero-order chi connectivity index (χ0) is 7.56. The van der Waals surface area contributed by atoms with Crippen LogP contribution in [0.3, 0.4) is 0 Å². The quantitative estimate of drug-likeness (QED) is 0.566. The average molecular weight is 142 g/mol. The summed E-state index contributed by atoms with van der Waals surface area (Å²) in [4.78, 5) is 0. The van der Waals surface area contributed by atoms with Crippen LogP contribution in [0.4, 0.5) is 0 Å². The van der Waals surface area contributed by atoms with Gasteiger partial charge in [-0.25, -0.2) is 0 Å². The van der Waals surface area contributed by atoms with Crippen molar-refractivity contribution >= 4 is 0 Å². The van der Waals surface area contributed by atoms with E-state index in [4.69, 9.17) is 5.73 Å². The molecule has 1 aliphatic rings. The van der Waals surface area contributed by atoms with Crippen LogP contribution in [-0.2, 0) is 0 Å². The Morgan fingerprint density at radius 2 is 2.10 bits per heavy atom. The lowest BCUT2D eigenvalue weighted by molar-refractivity contribution is 0.280. The summed E-state index contributed by atoms with van der Waals surface area (Å²) in [6.07, 6.45) is 3.77. The fraction of sp³-hybridized carbons (Fsp3) is 1.00. The number of rotatable bonds is 1. The van der Waals surface area contributed by atoms with Gasteiger partial charge in [0.05, 0.1) is 0 Å². The number of hydrogen-bond donors (Lipinski definition) is 2. The van der Waals surface area contributed by atoms with Crippen molar-refractivity contribution in [2.75, 3.05) is 7.05 Å². The molecule has 0 amide bonds. The summed E-state index contributed by atoms with van der Waals surface area (Å²) in [7, 11) is 2.00. The summed E-state index contributed by atoms with van der Waals surface area (Å²) in [5.74, 6) is 0.833. The minimum Gasteiger partial charge on any atom is -0.326 e. The summed E-state index contributed by atoms with van der Waals surface area (Å²) < 4.78 is 0. The zero-order valence-electron chi connectivity index (χ0n) is 6.93. The van der Waals surface area contributed by atoms with Gasteiger partial charge in [-0.2, -0.15) is 0 Å². The number of hydrogen-bond acceptors (Lipinski definition) is 2. The Balaban J connectivity index is 2.36. The zero-order valence-corrected chi connectivity index (χ0v) is 6.93. The molecule has 0 unspecified atom stereocenters. The minimum atomic E-state index is 0.383. The van der Waals surface area contributed by atoms with E-state index in [9.17, 15) is 0 Å². The van der Waals surface area contributed by atoms with Crippen molar-refractivity contribution in [1.82, 2.24) is 5.32 Å². The molecule has 1 aliphatic carbocycles. The Morgan fingerprint density at radius 3 is 2.60 bits per heavy atom. The lowest BCUT2D eigenvalue weighted by atomic mass is 9.84. The van der Waals surface area contributed by atoms with Gasteiger partial charge in [-0.1, -0.05) is 6.92 Å². The lowest BCUT2D eigenvalue weighted by Gasteiger charge is -2.31. The third kappa shape index (κ3) is 1.70. The van der Waals surface area contributed by atoms with Gasteiger partial charge in [-0.05, 0) is 32.2 Å². The molecule has 0 aromatic rings. The molecule has 0 heterocycles. The molecule has 3 atom stereocenters. The SMILES string of the molecule is CN[C@@H]1CC[C@H](C)C[C@H]1N. The van der Waals surface area contributed by atoms with Crippen molar-refractivity contribution in [3.63, 3.8) is 0 Å². The topological polar surface area (TPSA) is 38.0 Å². The number of likely N-dealkylation sites (N-methyl/N-ethyl adjacent to an activating group) is 1.